The monoisotopic (exact) mass is 273 g/mol. The molecule has 5 heteroatoms. The minimum Gasteiger partial charge on any atom is -0.508 e. The van der Waals surface area contributed by atoms with Crippen molar-refractivity contribution in [1.29, 1.82) is 0 Å². The predicted octanol–water partition coefficient (Wildman–Crippen LogP) is 2.34. The molecule has 0 spiro atoms. The molecule has 18 heavy (non-hydrogen) atoms. The van der Waals surface area contributed by atoms with Crippen LogP contribution in [0.2, 0.25) is 0 Å². The fourth-order valence-corrected chi connectivity index (χ4v) is 2.50. The van der Waals surface area contributed by atoms with Crippen molar-refractivity contribution in [1.82, 2.24) is 5.32 Å². The molecule has 0 aliphatic carbocycles. The molecule has 1 aromatic carbocycles. The Labute approximate surface area is 110 Å². The molecule has 0 bridgehead atoms. The second-order valence-corrected chi connectivity index (χ2v) is 6.12. The summed E-state index contributed by atoms with van der Waals surface area (Å²) in [4.78, 5) is 0. The number of hydrogen-bond donors (Lipinski definition) is 2. The van der Waals surface area contributed by atoms with Gasteiger partial charge in [-0.05, 0) is 26.3 Å². The average molecular weight is 273 g/mol. The number of aromatic hydroxyl groups is 1. The maximum atomic E-state index is 13.6. The maximum Gasteiger partial charge on any atom is 0.131 e. The van der Waals surface area contributed by atoms with Gasteiger partial charge >= 0.3 is 0 Å². The first-order valence-corrected chi connectivity index (χ1v) is 7.67. The number of halogens is 1. The van der Waals surface area contributed by atoms with Crippen molar-refractivity contribution >= 4 is 10.8 Å². The summed E-state index contributed by atoms with van der Waals surface area (Å²) in [5.41, 5.74) is 0.525. The zero-order valence-electron chi connectivity index (χ0n) is 10.9. The molecule has 3 unspecified atom stereocenters. The molecule has 1 rings (SSSR count). The molecule has 1 aromatic rings. The summed E-state index contributed by atoms with van der Waals surface area (Å²) >= 11 is 0. The fraction of sp³-hybridized carbons (Fsp3) is 0.538. The van der Waals surface area contributed by atoms with E-state index in [9.17, 15) is 8.60 Å². The third-order valence-electron chi connectivity index (χ3n) is 2.82. The van der Waals surface area contributed by atoms with E-state index in [1.807, 2.05) is 13.8 Å². The molecule has 0 fully saturated rings. The van der Waals surface area contributed by atoms with Crippen LogP contribution in [0.25, 0.3) is 0 Å². The summed E-state index contributed by atoms with van der Waals surface area (Å²) in [6.07, 6.45) is 2.46. The molecule has 0 aliphatic rings. The Morgan fingerprint density at radius 2 is 2.11 bits per heavy atom. The molecule has 0 aromatic heterocycles. The normalized spacial score (nSPS) is 16.2. The number of phenols is 1. The van der Waals surface area contributed by atoms with Gasteiger partial charge in [0.1, 0.15) is 11.6 Å². The van der Waals surface area contributed by atoms with Gasteiger partial charge in [0.25, 0.3) is 0 Å². The molecule has 3 atom stereocenters. The van der Waals surface area contributed by atoms with Crippen LogP contribution >= 0.6 is 0 Å². The Morgan fingerprint density at radius 1 is 1.44 bits per heavy atom. The van der Waals surface area contributed by atoms with E-state index in [2.05, 4.69) is 5.32 Å². The van der Waals surface area contributed by atoms with Crippen LogP contribution in [0.15, 0.2) is 18.2 Å². The van der Waals surface area contributed by atoms with Crippen molar-refractivity contribution in [2.75, 3.05) is 12.0 Å². The number of benzene rings is 1. The van der Waals surface area contributed by atoms with E-state index < -0.39 is 16.6 Å². The second-order valence-electron chi connectivity index (χ2n) is 4.56. The first-order chi connectivity index (χ1) is 8.40. The van der Waals surface area contributed by atoms with E-state index in [0.717, 1.165) is 12.5 Å². The highest BCUT2D eigenvalue weighted by molar-refractivity contribution is 7.84. The molecule has 0 radical (unpaired) electrons. The SMILES string of the molecule is CC(CCS(C)=O)NC(C)c1ccc(O)cc1F. The van der Waals surface area contributed by atoms with Crippen LogP contribution in [0.1, 0.15) is 31.9 Å². The summed E-state index contributed by atoms with van der Waals surface area (Å²) in [5, 5.41) is 12.4. The Morgan fingerprint density at radius 3 is 2.67 bits per heavy atom. The van der Waals surface area contributed by atoms with Gasteiger partial charge in [-0.15, -0.1) is 0 Å². The molecule has 0 saturated heterocycles. The van der Waals surface area contributed by atoms with Crippen molar-refractivity contribution in [2.24, 2.45) is 0 Å². The van der Waals surface area contributed by atoms with Crippen molar-refractivity contribution < 1.29 is 13.7 Å². The fourth-order valence-electron chi connectivity index (χ4n) is 1.81. The van der Waals surface area contributed by atoms with Gasteiger partial charge in [0.05, 0.1) is 0 Å². The van der Waals surface area contributed by atoms with E-state index in [0.29, 0.717) is 11.3 Å². The summed E-state index contributed by atoms with van der Waals surface area (Å²) in [6, 6.07) is 4.18. The summed E-state index contributed by atoms with van der Waals surface area (Å²) < 4.78 is 24.6. The van der Waals surface area contributed by atoms with Gasteiger partial charge in [-0.2, -0.15) is 0 Å². The van der Waals surface area contributed by atoms with Crippen molar-refractivity contribution in [3.8, 4) is 5.75 Å². The maximum absolute atomic E-state index is 13.6. The van der Waals surface area contributed by atoms with Crippen LogP contribution in [0.3, 0.4) is 0 Å². The van der Waals surface area contributed by atoms with Gasteiger partial charge in [-0.3, -0.25) is 4.21 Å². The molecule has 3 nitrogen and oxygen atoms in total. The molecule has 0 saturated carbocycles. The van der Waals surface area contributed by atoms with Crippen molar-refractivity contribution in [2.45, 2.75) is 32.4 Å². The Kier molecular flexibility index (Phi) is 5.75. The highest BCUT2D eigenvalue weighted by Crippen LogP contribution is 2.21. The number of nitrogens with one attached hydrogen (secondary N) is 1. The highest BCUT2D eigenvalue weighted by atomic mass is 32.2. The zero-order chi connectivity index (χ0) is 13.7. The lowest BCUT2D eigenvalue weighted by molar-refractivity contribution is 0.445. The average Bonchev–Trinajstić information content (AvgIpc) is 2.26. The van der Waals surface area contributed by atoms with Crippen LogP contribution in [0.5, 0.6) is 5.75 Å². The van der Waals surface area contributed by atoms with Gasteiger partial charge in [0.15, 0.2) is 0 Å². The zero-order valence-corrected chi connectivity index (χ0v) is 11.8. The Balaban J connectivity index is 2.59. The summed E-state index contributed by atoms with van der Waals surface area (Å²) in [6.45, 7) is 3.86. The molecule has 0 aliphatic heterocycles. The Hall–Kier alpha value is -0.940. The van der Waals surface area contributed by atoms with Gasteiger partial charge in [-0.25, -0.2) is 4.39 Å². The summed E-state index contributed by atoms with van der Waals surface area (Å²) in [7, 11) is -0.800. The molecular weight excluding hydrogens is 253 g/mol. The first-order valence-electron chi connectivity index (χ1n) is 5.94. The predicted molar refractivity (Wildman–Crippen MR) is 72.6 cm³/mol. The smallest absolute Gasteiger partial charge is 0.131 e. The van der Waals surface area contributed by atoms with E-state index in [1.54, 1.807) is 12.3 Å². The Bertz CT molecular complexity index is 425. The molecular formula is C13H20FNO2S. The molecule has 0 amide bonds. The van der Waals surface area contributed by atoms with E-state index in [4.69, 9.17) is 5.11 Å². The number of phenolic OH excluding ortho intramolecular Hbond substituents is 1. The van der Waals surface area contributed by atoms with Crippen LogP contribution in [0, 0.1) is 5.82 Å². The first kappa shape index (κ1) is 15.1. The van der Waals surface area contributed by atoms with Gasteiger partial charge in [0.2, 0.25) is 0 Å². The van der Waals surface area contributed by atoms with Crippen molar-refractivity contribution in [3.05, 3.63) is 29.6 Å². The third-order valence-corrected chi connectivity index (χ3v) is 3.63. The quantitative estimate of drug-likeness (QED) is 0.836. The van der Waals surface area contributed by atoms with E-state index in [-0.39, 0.29) is 17.8 Å². The second kappa shape index (κ2) is 6.85. The molecule has 2 N–H and O–H groups in total. The molecule has 0 heterocycles. The van der Waals surface area contributed by atoms with Crippen molar-refractivity contribution in [3.63, 3.8) is 0 Å². The summed E-state index contributed by atoms with van der Waals surface area (Å²) in [5.74, 6) is 0.151. The lowest BCUT2D eigenvalue weighted by Gasteiger charge is -2.20. The molecule has 102 valence electrons. The highest BCUT2D eigenvalue weighted by Gasteiger charge is 2.14. The topological polar surface area (TPSA) is 49.3 Å². The lowest BCUT2D eigenvalue weighted by Crippen LogP contribution is -2.30. The van der Waals surface area contributed by atoms with E-state index in [1.165, 1.54) is 6.07 Å². The third kappa shape index (κ3) is 4.74. The van der Waals surface area contributed by atoms with Gasteiger partial charge in [-0.1, -0.05) is 6.07 Å². The van der Waals surface area contributed by atoms with Crippen LogP contribution in [0.4, 0.5) is 4.39 Å². The van der Waals surface area contributed by atoms with Crippen LogP contribution in [-0.4, -0.2) is 27.4 Å². The van der Waals surface area contributed by atoms with Gasteiger partial charge < -0.3 is 10.4 Å². The van der Waals surface area contributed by atoms with E-state index >= 15 is 0 Å². The number of rotatable bonds is 6. The van der Waals surface area contributed by atoms with Gasteiger partial charge in [0, 0.05) is 46.5 Å². The number of hydrogen-bond acceptors (Lipinski definition) is 3. The lowest BCUT2D eigenvalue weighted by atomic mass is 10.1. The minimum atomic E-state index is -0.800. The largest absolute Gasteiger partial charge is 0.508 e. The minimum absolute atomic E-state index is 0.0714. The van der Waals surface area contributed by atoms with Crippen LogP contribution < -0.4 is 5.32 Å². The van der Waals surface area contributed by atoms with Crippen LogP contribution in [-0.2, 0) is 10.8 Å². The standard InChI is InChI=1S/C13H20FNO2S/c1-9(6-7-18(3)17)15-10(2)12-5-4-11(16)8-13(12)14/h4-5,8-10,15-16H,6-7H2,1-3H3.